The predicted molar refractivity (Wildman–Crippen MR) is 69.9 cm³/mol. The van der Waals surface area contributed by atoms with Crippen molar-refractivity contribution in [1.82, 2.24) is 9.88 Å². The van der Waals surface area contributed by atoms with Gasteiger partial charge < -0.3 is 9.88 Å². The van der Waals surface area contributed by atoms with Crippen molar-refractivity contribution in [2.24, 2.45) is 7.05 Å². The van der Waals surface area contributed by atoms with Gasteiger partial charge in [0.2, 0.25) is 0 Å². The molecule has 1 heterocycles. The third-order valence-electron chi connectivity index (χ3n) is 3.38. The molecule has 16 heavy (non-hydrogen) atoms. The lowest BCUT2D eigenvalue weighted by atomic mass is 10.1. The van der Waals surface area contributed by atoms with Crippen LogP contribution in [-0.4, -0.2) is 17.7 Å². The van der Waals surface area contributed by atoms with Gasteiger partial charge in [0.25, 0.3) is 0 Å². The summed E-state index contributed by atoms with van der Waals surface area (Å²) in [5, 5.41) is 4.62. The lowest BCUT2D eigenvalue weighted by molar-refractivity contribution is 0.609. The van der Waals surface area contributed by atoms with Crippen molar-refractivity contribution >= 4 is 10.9 Å². The minimum Gasteiger partial charge on any atom is -0.348 e. The molecule has 0 spiro atoms. The average molecular weight is 216 g/mol. The summed E-state index contributed by atoms with van der Waals surface area (Å²) < 4.78 is 2.24. The Morgan fingerprint density at radius 3 is 2.75 bits per heavy atom. The minimum atomic E-state index is 0.530. The first kappa shape index (κ1) is 11.2. The second kappa shape index (κ2) is 4.30. The molecule has 2 aromatic rings. The Kier molecular flexibility index (Phi) is 3.01. The highest BCUT2D eigenvalue weighted by atomic mass is 14.9. The second-order valence-electron chi connectivity index (χ2n) is 4.63. The number of fused-ring (bicyclic) bond motifs is 1. The normalized spacial score (nSPS) is 13.2. The van der Waals surface area contributed by atoms with Gasteiger partial charge in [0.15, 0.2) is 0 Å². The van der Waals surface area contributed by atoms with Gasteiger partial charge in [-0.1, -0.05) is 6.07 Å². The van der Waals surface area contributed by atoms with Gasteiger partial charge in [0.05, 0.1) is 0 Å². The number of nitrogens with zero attached hydrogens (tertiary/aromatic N) is 1. The van der Waals surface area contributed by atoms with Crippen LogP contribution in [0.1, 0.15) is 18.2 Å². The summed E-state index contributed by atoms with van der Waals surface area (Å²) in [5.74, 6) is 0. The van der Waals surface area contributed by atoms with Crippen LogP contribution in [0.5, 0.6) is 0 Å². The van der Waals surface area contributed by atoms with E-state index in [-0.39, 0.29) is 0 Å². The van der Waals surface area contributed by atoms with Crippen LogP contribution >= 0.6 is 0 Å². The van der Waals surface area contributed by atoms with Crippen LogP contribution in [-0.2, 0) is 13.5 Å². The van der Waals surface area contributed by atoms with Crippen LogP contribution in [0.25, 0.3) is 10.9 Å². The van der Waals surface area contributed by atoms with E-state index in [0.29, 0.717) is 6.04 Å². The fourth-order valence-corrected chi connectivity index (χ4v) is 2.12. The molecule has 0 bridgehead atoms. The molecule has 1 aromatic heterocycles. The third kappa shape index (κ3) is 1.98. The summed E-state index contributed by atoms with van der Waals surface area (Å²) in [6, 6.07) is 9.54. The Hall–Kier alpha value is -1.28. The minimum absolute atomic E-state index is 0.530. The average Bonchev–Trinajstić information content (AvgIpc) is 2.54. The molecule has 2 heteroatoms. The maximum absolute atomic E-state index is 3.27. The summed E-state index contributed by atoms with van der Waals surface area (Å²) >= 11 is 0. The largest absolute Gasteiger partial charge is 0.348 e. The molecule has 0 saturated heterocycles. The highest BCUT2D eigenvalue weighted by Gasteiger charge is 2.05. The molecule has 0 aliphatic rings. The molecular weight excluding hydrogens is 196 g/mol. The zero-order valence-electron chi connectivity index (χ0n) is 10.5. The molecule has 2 rings (SSSR count). The number of aromatic nitrogens is 1. The van der Waals surface area contributed by atoms with Crippen molar-refractivity contribution in [3.8, 4) is 0 Å². The van der Waals surface area contributed by atoms with Gasteiger partial charge in [-0.25, -0.2) is 0 Å². The van der Waals surface area contributed by atoms with Gasteiger partial charge in [-0.3, -0.25) is 0 Å². The first-order valence-electron chi connectivity index (χ1n) is 5.84. The van der Waals surface area contributed by atoms with Crippen LogP contribution < -0.4 is 5.32 Å². The van der Waals surface area contributed by atoms with E-state index in [1.54, 1.807) is 0 Å². The van der Waals surface area contributed by atoms with Crippen LogP contribution in [0.2, 0.25) is 0 Å². The zero-order valence-corrected chi connectivity index (χ0v) is 10.5. The predicted octanol–water partition coefficient (Wildman–Crippen LogP) is 2.64. The van der Waals surface area contributed by atoms with Gasteiger partial charge in [0.1, 0.15) is 0 Å². The van der Waals surface area contributed by atoms with Crippen LogP contribution in [0.4, 0.5) is 0 Å². The summed E-state index contributed by atoms with van der Waals surface area (Å²) in [7, 11) is 4.13. The smallest absolute Gasteiger partial charge is 0.0479 e. The Labute approximate surface area is 97.3 Å². The Bertz CT molecular complexity index is 497. The van der Waals surface area contributed by atoms with Crippen LogP contribution in [0.15, 0.2) is 24.3 Å². The summed E-state index contributed by atoms with van der Waals surface area (Å²) in [6.45, 7) is 4.36. The second-order valence-corrected chi connectivity index (χ2v) is 4.63. The molecule has 1 atom stereocenters. The number of hydrogen-bond acceptors (Lipinski definition) is 1. The Balaban J connectivity index is 2.37. The summed E-state index contributed by atoms with van der Waals surface area (Å²) in [5.41, 5.74) is 4.03. The molecule has 0 aliphatic carbocycles. The number of aryl methyl sites for hydroxylation is 2. The zero-order chi connectivity index (χ0) is 11.7. The molecule has 0 aliphatic heterocycles. The first-order valence-corrected chi connectivity index (χ1v) is 5.84. The van der Waals surface area contributed by atoms with Crippen molar-refractivity contribution in [2.45, 2.75) is 26.3 Å². The van der Waals surface area contributed by atoms with E-state index >= 15 is 0 Å². The van der Waals surface area contributed by atoms with E-state index in [9.17, 15) is 0 Å². The topological polar surface area (TPSA) is 17.0 Å². The standard InChI is InChI=1S/C14H20N2/c1-10(15-3)7-12-5-6-14-13(9-12)8-11(2)16(14)4/h5-6,8-10,15H,7H2,1-4H3. The molecule has 1 N–H and O–H groups in total. The van der Waals surface area contributed by atoms with E-state index in [4.69, 9.17) is 0 Å². The van der Waals surface area contributed by atoms with Gasteiger partial charge in [-0.2, -0.15) is 0 Å². The number of hydrogen-bond donors (Lipinski definition) is 1. The molecular formula is C14H20N2. The fourth-order valence-electron chi connectivity index (χ4n) is 2.12. The number of rotatable bonds is 3. The maximum atomic E-state index is 3.27. The van der Waals surface area contributed by atoms with Gasteiger partial charge in [-0.05, 0) is 51.1 Å². The fraction of sp³-hybridized carbons (Fsp3) is 0.429. The maximum Gasteiger partial charge on any atom is 0.0479 e. The van der Waals surface area contributed by atoms with E-state index in [0.717, 1.165) is 6.42 Å². The molecule has 0 amide bonds. The number of benzene rings is 1. The van der Waals surface area contributed by atoms with E-state index in [1.807, 2.05) is 7.05 Å². The third-order valence-corrected chi connectivity index (χ3v) is 3.38. The number of likely N-dealkylation sites (N-methyl/N-ethyl adjacent to an activating group) is 1. The Morgan fingerprint density at radius 2 is 2.06 bits per heavy atom. The van der Waals surface area contributed by atoms with Crippen molar-refractivity contribution in [3.63, 3.8) is 0 Å². The molecule has 0 fully saturated rings. The molecule has 1 aromatic carbocycles. The van der Waals surface area contributed by atoms with Gasteiger partial charge in [-0.15, -0.1) is 0 Å². The van der Waals surface area contributed by atoms with E-state index in [1.165, 1.54) is 22.2 Å². The molecule has 2 nitrogen and oxygen atoms in total. The molecule has 0 radical (unpaired) electrons. The quantitative estimate of drug-likeness (QED) is 0.834. The van der Waals surface area contributed by atoms with Crippen molar-refractivity contribution < 1.29 is 0 Å². The van der Waals surface area contributed by atoms with Crippen LogP contribution in [0.3, 0.4) is 0 Å². The van der Waals surface area contributed by atoms with Crippen LogP contribution in [0, 0.1) is 6.92 Å². The molecule has 0 saturated carbocycles. The lowest BCUT2D eigenvalue weighted by Gasteiger charge is -2.10. The SMILES string of the molecule is CNC(C)Cc1ccc2c(c1)cc(C)n2C. The summed E-state index contributed by atoms with van der Waals surface area (Å²) in [4.78, 5) is 0. The van der Waals surface area contributed by atoms with Crippen molar-refractivity contribution in [1.29, 1.82) is 0 Å². The number of nitrogens with one attached hydrogen (secondary N) is 1. The van der Waals surface area contributed by atoms with E-state index in [2.05, 4.69) is 55.0 Å². The van der Waals surface area contributed by atoms with Gasteiger partial charge in [0, 0.05) is 29.7 Å². The van der Waals surface area contributed by atoms with Crippen molar-refractivity contribution in [3.05, 3.63) is 35.5 Å². The highest BCUT2D eigenvalue weighted by Crippen LogP contribution is 2.20. The monoisotopic (exact) mass is 216 g/mol. The van der Waals surface area contributed by atoms with Gasteiger partial charge >= 0.3 is 0 Å². The first-order chi connectivity index (χ1) is 7.61. The van der Waals surface area contributed by atoms with E-state index < -0.39 is 0 Å². The molecule has 86 valence electrons. The highest BCUT2D eigenvalue weighted by molar-refractivity contribution is 5.82. The molecule has 1 unspecified atom stereocenters. The Morgan fingerprint density at radius 1 is 1.31 bits per heavy atom. The lowest BCUT2D eigenvalue weighted by Crippen LogP contribution is -2.23. The summed E-state index contributed by atoms with van der Waals surface area (Å²) in [6.07, 6.45) is 1.08. The van der Waals surface area contributed by atoms with Crippen molar-refractivity contribution in [2.75, 3.05) is 7.05 Å².